The van der Waals surface area contributed by atoms with E-state index in [1.54, 1.807) is 13.1 Å². The number of carbonyl (C=O) groups excluding carboxylic acids is 1. The summed E-state index contributed by atoms with van der Waals surface area (Å²) in [4.78, 5) is 16.0. The van der Waals surface area contributed by atoms with Crippen LogP contribution in [-0.4, -0.2) is 39.2 Å². The van der Waals surface area contributed by atoms with E-state index in [9.17, 15) is 13.6 Å². The number of alkyl halides is 2. The van der Waals surface area contributed by atoms with Crippen LogP contribution in [0.3, 0.4) is 0 Å². The number of benzene rings is 2. The molecule has 0 saturated carbocycles. The van der Waals surface area contributed by atoms with E-state index in [4.69, 9.17) is 4.74 Å². The van der Waals surface area contributed by atoms with E-state index >= 15 is 0 Å². The molecule has 0 heterocycles. The normalized spacial score (nSPS) is 11.1. The highest BCUT2D eigenvalue weighted by molar-refractivity contribution is 5.86. The van der Waals surface area contributed by atoms with Crippen LogP contribution >= 0.6 is 0 Å². The summed E-state index contributed by atoms with van der Waals surface area (Å²) in [5, 5.41) is 8.62. The Bertz CT molecular complexity index is 817. The molecule has 0 saturated heterocycles. The number of methoxy groups -OCH3 is 1. The summed E-state index contributed by atoms with van der Waals surface area (Å²) in [7, 11) is 3.02. The summed E-state index contributed by atoms with van der Waals surface area (Å²) in [6, 6.07) is 14.1. The molecule has 9 heteroatoms. The van der Waals surface area contributed by atoms with Crippen molar-refractivity contribution < 1.29 is 23.0 Å². The van der Waals surface area contributed by atoms with Gasteiger partial charge in [0.1, 0.15) is 11.5 Å². The number of carbonyl (C=O) groups is 1. The Hall–Kier alpha value is -3.36. The lowest BCUT2D eigenvalue weighted by Crippen LogP contribution is -2.42. The monoisotopic (exact) mass is 406 g/mol. The number of aliphatic imine (C=N–C) groups is 1. The van der Waals surface area contributed by atoms with Crippen molar-refractivity contribution in [2.24, 2.45) is 4.99 Å². The van der Waals surface area contributed by atoms with Crippen LogP contribution in [0.15, 0.2) is 53.5 Å². The molecule has 0 radical (unpaired) electrons. The summed E-state index contributed by atoms with van der Waals surface area (Å²) < 4.78 is 34.8. The Labute approximate surface area is 168 Å². The minimum Gasteiger partial charge on any atom is -0.497 e. The fraction of sp³-hybridized carbons (Fsp3) is 0.300. The number of ether oxygens (including phenoxy) is 2. The van der Waals surface area contributed by atoms with Gasteiger partial charge in [-0.2, -0.15) is 8.78 Å². The number of halogens is 2. The molecule has 2 aromatic rings. The highest BCUT2D eigenvalue weighted by atomic mass is 19.3. The van der Waals surface area contributed by atoms with E-state index in [1.165, 1.54) is 19.2 Å². The van der Waals surface area contributed by atoms with Crippen molar-refractivity contribution in [3.05, 3.63) is 59.7 Å². The first-order valence-corrected chi connectivity index (χ1v) is 8.88. The first kappa shape index (κ1) is 21.9. The van der Waals surface area contributed by atoms with Crippen molar-refractivity contribution in [3.8, 4) is 11.5 Å². The number of amides is 1. The molecule has 29 heavy (non-hydrogen) atoms. The third-order valence-electron chi connectivity index (χ3n) is 3.90. The number of hydrogen-bond donors (Lipinski definition) is 3. The van der Waals surface area contributed by atoms with Gasteiger partial charge in [-0.3, -0.25) is 9.79 Å². The van der Waals surface area contributed by atoms with Gasteiger partial charge in [0.2, 0.25) is 5.91 Å². The van der Waals surface area contributed by atoms with E-state index in [2.05, 4.69) is 25.7 Å². The number of hydrogen-bond acceptors (Lipinski definition) is 4. The van der Waals surface area contributed by atoms with Crippen molar-refractivity contribution in [1.82, 2.24) is 16.0 Å². The van der Waals surface area contributed by atoms with Crippen LogP contribution in [0.2, 0.25) is 0 Å². The van der Waals surface area contributed by atoms with Crippen LogP contribution in [-0.2, 0) is 17.9 Å². The van der Waals surface area contributed by atoms with Crippen molar-refractivity contribution in [1.29, 1.82) is 0 Å². The van der Waals surface area contributed by atoms with Crippen LogP contribution in [0.5, 0.6) is 11.5 Å². The Morgan fingerprint density at radius 2 is 1.83 bits per heavy atom. The van der Waals surface area contributed by atoms with Crippen molar-refractivity contribution in [2.45, 2.75) is 19.7 Å². The maximum atomic E-state index is 12.6. The average molecular weight is 406 g/mol. The van der Waals surface area contributed by atoms with Gasteiger partial charge >= 0.3 is 6.61 Å². The Balaban J connectivity index is 1.86. The molecule has 0 bridgehead atoms. The smallest absolute Gasteiger partial charge is 0.387 e. The van der Waals surface area contributed by atoms with Crippen molar-refractivity contribution in [2.75, 3.05) is 20.7 Å². The standard InChI is InChI=1S/C20H24F2N4O3/c1-23-20(26-13-18(27)24-11-14-6-4-3-5-7-14)25-12-15-10-16(28-2)8-9-17(15)29-19(21)22/h3-10,19H,11-13H2,1-2H3,(H,24,27)(H2,23,25,26). The second-order valence-electron chi connectivity index (χ2n) is 5.89. The lowest BCUT2D eigenvalue weighted by atomic mass is 10.2. The van der Waals surface area contributed by atoms with Crippen LogP contribution in [0.4, 0.5) is 8.78 Å². The van der Waals surface area contributed by atoms with E-state index in [1.807, 2.05) is 30.3 Å². The molecule has 2 aromatic carbocycles. The lowest BCUT2D eigenvalue weighted by Gasteiger charge is -2.15. The zero-order valence-electron chi connectivity index (χ0n) is 16.2. The number of nitrogens with one attached hydrogen (secondary N) is 3. The Kier molecular flexibility index (Phi) is 8.68. The second-order valence-corrected chi connectivity index (χ2v) is 5.89. The van der Waals surface area contributed by atoms with Gasteiger partial charge in [0.25, 0.3) is 0 Å². The molecule has 3 N–H and O–H groups in total. The van der Waals surface area contributed by atoms with E-state index in [0.29, 0.717) is 23.8 Å². The molecule has 0 fully saturated rings. The predicted molar refractivity (Wildman–Crippen MR) is 106 cm³/mol. The molecule has 0 unspecified atom stereocenters. The molecular formula is C20H24F2N4O3. The summed E-state index contributed by atoms with van der Waals surface area (Å²) >= 11 is 0. The first-order valence-electron chi connectivity index (χ1n) is 8.88. The zero-order chi connectivity index (χ0) is 21.1. The van der Waals surface area contributed by atoms with Gasteiger partial charge in [0, 0.05) is 25.7 Å². The summed E-state index contributed by atoms with van der Waals surface area (Å²) in [5.41, 5.74) is 1.45. The van der Waals surface area contributed by atoms with E-state index in [0.717, 1.165) is 5.56 Å². The maximum Gasteiger partial charge on any atom is 0.387 e. The minimum atomic E-state index is -2.94. The molecule has 0 aliphatic rings. The van der Waals surface area contributed by atoms with E-state index < -0.39 is 6.61 Å². The maximum absolute atomic E-state index is 12.6. The highest BCUT2D eigenvalue weighted by Crippen LogP contribution is 2.25. The topological polar surface area (TPSA) is 84.0 Å². The molecule has 7 nitrogen and oxygen atoms in total. The number of guanidine groups is 1. The molecule has 1 amide bonds. The quantitative estimate of drug-likeness (QED) is 0.440. The van der Waals surface area contributed by atoms with Crippen molar-refractivity contribution >= 4 is 11.9 Å². The fourth-order valence-electron chi connectivity index (χ4n) is 2.45. The SMILES string of the molecule is CN=C(NCC(=O)NCc1ccccc1)NCc1cc(OC)ccc1OC(F)F. The van der Waals surface area contributed by atoms with E-state index in [-0.39, 0.29) is 24.7 Å². The number of rotatable bonds is 9. The lowest BCUT2D eigenvalue weighted by molar-refractivity contribution is -0.120. The highest BCUT2D eigenvalue weighted by Gasteiger charge is 2.12. The Morgan fingerprint density at radius 3 is 2.48 bits per heavy atom. The molecule has 156 valence electrons. The summed E-state index contributed by atoms with van der Waals surface area (Å²) in [5.74, 6) is 0.668. The van der Waals surface area contributed by atoms with Gasteiger partial charge in [0.15, 0.2) is 5.96 Å². The molecule has 0 aliphatic carbocycles. The summed E-state index contributed by atoms with van der Waals surface area (Å²) in [6.07, 6.45) is 0. The van der Waals surface area contributed by atoms with Gasteiger partial charge < -0.3 is 25.4 Å². The van der Waals surface area contributed by atoms with Gasteiger partial charge in [-0.1, -0.05) is 30.3 Å². The van der Waals surface area contributed by atoms with Crippen LogP contribution in [0, 0.1) is 0 Å². The molecule has 0 aliphatic heterocycles. The van der Waals surface area contributed by atoms with Gasteiger partial charge in [-0.15, -0.1) is 0 Å². The zero-order valence-corrected chi connectivity index (χ0v) is 16.2. The van der Waals surface area contributed by atoms with Crippen LogP contribution in [0.1, 0.15) is 11.1 Å². The largest absolute Gasteiger partial charge is 0.497 e. The molecule has 2 rings (SSSR count). The van der Waals surface area contributed by atoms with Gasteiger partial charge in [0.05, 0.1) is 13.7 Å². The predicted octanol–water partition coefficient (Wildman–Crippen LogP) is 2.28. The molecule has 0 aromatic heterocycles. The molecule has 0 atom stereocenters. The minimum absolute atomic E-state index is 0.00497. The average Bonchev–Trinajstić information content (AvgIpc) is 2.73. The van der Waals surface area contributed by atoms with Crippen molar-refractivity contribution in [3.63, 3.8) is 0 Å². The molecule has 0 spiro atoms. The van der Waals surface area contributed by atoms with Gasteiger partial charge in [-0.05, 0) is 23.8 Å². The third kappa shape index (κ3) is 7.65. The van der Waals surface area contributed by atoms with Crippen LogP contribution < -0.4 is 25.4 Å². The van der Waals surface area contributed by atoms with Gasteiger partial charge in [-0.25, -0.2) is 0 Å². The molecular weight excluding hydrogens is 382 g/mol. The Morgan fingerprint density at radius 1 is 1.07 bits per heavy atom. The summed E-state index contributed by atoms with van der Waals surface area (Å²) in [6.45, 7) is -2.37. The number of nitrogens with zero attached hydrogens (tertiary/aromatic N) is 1. The van der Waals surface area contributed by atoms with Crippen LogP contribution in [0.25, 0.3) is 0 Å². The first-order chi connectivity index (χ1) is 14.0. The second kappa shape index (κ2) is 11.5. The third-order valence-corrected chi connectivity index (χ3v) is 3.90. The fourth-order valence-corrected chi connectivity index (χ4v) is 2.45.